The van der Waals surface area contributed by atoms with Gasteiger partial charge in [-0.05, 0) is 220 Å². The van der Waals surface area contributed by atoms with Gasteiger partial charge in [-0.25, -0.2) is 28.8 Å². The van der Waals surface area contributed by atoms with Gasteiger partial charge in [0.1, 0.15) is 31.8 Å². The molecule has 0 radical (unpaired) electrons. The van der Waals surface area contributed by atoms with Crippen LogP contribution in [-0.2, 0) is 24.1 Å². The molecule has 0 bridgehead atoms. The number of nitrogen functional groups attached to an aromatic ring is 1. The van der Waals surface area contributed by atoms with Crippen molar-refractivity contribution in [1.82, 2.24) is 19.6 Å². The normalized spacial score (nSPS) is 15.4. The molecule has 3 unspecified atom stereocenters. The molecule has 11 aromatic rings. The van der Waals surface area contributed by atoms with Gasteiger partial charge in [0.15, 0.2) is 22.9 Å². The number of para-hydroxylation sites is 3. The van der Waals surface area contributed by atoms with Crippen LogP contribution in [0.1, 0.15) is 152 Å². The summed E-state index contributed by atoms with van der Waals surface area (Å²) in [7, 11) is 0. The molecule has 6 heterocycles. The van der Waals surface area contributed by atoms with Crippen LogP contribution in [0.25, 0.3) is 42.7 Å². The molecule has 3 aliphatic carbocycles. The summed E-state index contributed by atoms with van der Waals surface area (Å²) in [5.74, 6) is -1.69. The molecule has 0 spiro atoms. The number of carbonyl (C=O) groups is 4. The lowest BCUT2D eigenvalue weighted by Crippen LogP contribution is -2.19. The highest BCUT2D eigenvalue weighted by Gasteiger charge is 2.28. The highest BCUT2D eigenvalue weighted by atomic mass is 79.9. The third-order valence-corrected chi connectivity index (χ3v) is 21.5. The van der Waals surface area contributed by atoms with Crippen LogP contribution in [-0.4, -0.2) is 79.7 Å². The predicted molar refractivity (Wildman–Crippen MR) is 409 cm³/mol. The second-order valence-corrected chi connectivity index (χ2v) is 28.3. The smallest absolute Gasteiger partial charge is 0.345 e. The average molecular weight is 1510 g/mol. The summed E-state index contributed by atoms with van der Waals surface area (Å²) in [5, 5.41) is 86.8. The predicted octanol–water partition coefficient (Wildman–Crippen LogP) is 18.6. The molecule has 4 aliphatic rings. The minimum Gasteiger partial charge on any atom is -0.505 e. The first-order valence-corrected chi connectivity index (χ1v) is 34.8. The van der Waals surface area contributed by atoms with Gasteiger partial charge in [0.05, 0.1) is 40.6 Å². The number of aromatic nitrogens is 4. The number of hydrazone groups is 1. The Balaban J connectivity index is 0.000000155. The molecule has 530 valence electrons. The number of azo groups is 2. The molecule has 15 rings (SSSR count). The van der Waals surface area contributed by atoms with Crippen LogP contribution in [0.4, 0.5) is 34.1 Å². The highest BCUT2D eigenvalue weighted by molar-refractivity contribution is 8.93. The number of anilines is 2. The van der Waals surface area contributed by atoms with E-state index in [9.17, 15) is 44.1 Å². The summed E-state index contributed by atoms with van der Waals surface area (Å²) < 4.78 is 2.93. The molecule has 0 fully saturated rings. The van der Waals surface area contributed by atoms with E-state index in [0.29, 0.717) is 66.9 Å². The number of carboxylic acids is 3. The Morgan fingerprint density at radius 1 is 0.495 bits per heavy atom. The number of nitrogens with one attached hydrogen (secondary N) is 2. The minimum atomic E-state index is -1.02. The van der Waals surface area contributed by atoms with Gasteiger partial charge in [-0.15, -0.1) is 71.4 Å². The van der Waals surface area contributed by atoms with Crippen molar-refractivity contribution in [2.45, 2.75) is 112 Å². The van der Waals surface area contributed by atoms with Crippen molar-refractivity contribution in [2.24, 2.45) is 25.6 Å². The quantitative estimate of drug-likeness (QED) is 0.0295. The van der Waals surface area contributed by atoms with Crippen LogP contribution in [0.15, 0.2) is 181 Å². The Morgan fingerprint density at radius 2 is 0.854 bits per heavy atom. The third kappa shape index (κ3) is 15.7. The summed E-state index contributed by atoms with van der Waals surface area (Å²) >= 11 is 3.21. The van der Waals surface area contributed by atoms with Gasteiger partial charge >= 0.3 is 17.9 Å². The van der Waals surface area contributed by atoms with E-state index in [-0.39, 0.29) is 102 Å². The van der Waals surface area contributed by atoms with E-state index in [4.69, 9.17) is 21.1 Å². The van der Waals surface area contributed by atoms with Gasteiger partial charge in [0, 0.05) is 37.0 Å². The van der Waals surface area contributed by atoms with Crippen LogP contribution >= 0.6 is 51.0 Å². The SMILES string of the molecule is Br.C.CC1=NN(c2ccc3c(c2)C(C)CC3)C(=O)C1.Cc1[nH]n(-c2ccc3c(c2)C(C)CC3)c(=O)c1N=Nc1cccc(-c2ccc(C(=O)O)s2)c1O.Cc1[nH]n(-c2ccc3c(c2)C(C)CC3)c(=O)c1N=Nc1cccc(-c2ccc(C(=O)O)s2)c1O.Nc1cccc(-c2ccc(C(=O)O)s2)c1O. The Kier molecular flexibility index (Phi) is 22.7. The largest absolute Gasteiger partial charge is 0.505 e. The van der Waals surface area contributed by atoms with Gasteiger partial charge in [-0.2, -0.15) is 5.10 Å². The number of nitrogens with two attached hydrogens (primary N) is 1. The van der Waals surface area contributed by atoms with Crippen LogP contribution in [0.3, 0.4) is 0 Å². The standard InChI is InChI=1S/2C25H22N4O4S.C14H16N2O.C11H9NO3S.CH4.BrH/c2*1-13-6-7-15-8-9-16(12-18(13)15)29-24(31)22(14(2)28-29)27-26-19-5-3-4-17(23(19)30)20-10-11-21(34-20)25(32)33;1-9-3-4-11-5-6-12(8-13(9)11)16-14(17)7-10(2)15-16;12-7-3-1-2-6(10(7)13)8-4-5-9(16-8)11(14)15;;/h2*3-5,8-13,28,30H,6-7H2,1-2H3,(H,32,33);5-6,8-9H,3-4,7H2,1-2H3;1-5,13H,12H2,(H,14,15);1H4;1H. The Bertz CT molecular complexity index is 5100. The molecule has 103 heavy (non-hydrogen) atoms. The number of carboxylic acid groups (broad SMARTS) is 3. The lowest BCUT2D eigenvalue weighted by molar-refractivity contribution is -0.116. The number of fused-ring (bicyclic) bond motifs is 3. The van der Waals surface area contributed by atoms with Gasteiger partial charge < -0.3 is 36.4 Å². The molecule has 1 aliphatic heterocycles. The summed E-state index contributed by atoms with van der Waals surface area (Å²) in [6.07, 6.45) is 7.17. The minimum absolute atomic E-state index is 0. The van der Waals surface area contributed by atoms with Crippen molar-refractivity contribution in [2.75, 3.05) is 10.7 Å². The fourth-order valence-electron chi connectivity index (χ4n) is 12.6. The number of phenols is 3. The number of thiophene rings is 3. The zero-order valence-corrected chi connectivity index (χ0v) is 60.1. The molecule has 6 aromatic carbocycles. The molecule has 5 aromatic heterocycles. The maximum absolute atomic E-state index is 13.1. The van der Waals surface area contributed by atoms with Crippen molar-refractivity contribution in [1.29, 1.82) is 0 Å². The highest BCUT2D eigenvalue weighted by Crippen LogP contribution is 2.44. The zero-order valence-electron chi connectivity index (χ0n) is 56.0. The van der Waals surface area contributed by atoms with Crippen LogP contribution in [0.2, 0.25) is 0 Å². The number of H-pyrrole nitrogens is 2. The number of aryl methyl sites for hydroxylation is 5. The van der Waals surface area contributed by atoms with Crippen molar-refractivity contribution in [3.63, 3.8) is 0 Å². The molecular weight excluding hydrogens is 1440 g/mol. The topological polar surface area (TPSA) is 356 Å². The number of rotatable bonds is 13. The fourth-order valence-corrected chi connectivity index (χ4v) is 15.2. The summed E-state index contributed by atoms with van der Waals surface area (Å²) in [4.78, 5) is 73.5. The summed E-state index contributed by atoms with van der Waals surface area (Å²) in [6, 6.07) is 42.7. The number of nitrogens with zero attached hydrogens (tertiary/aromatic N) is 8. The Morgan fingerprint density at radius 3 is 1.21 bits per heavy atom. The van der Waals surface area contributed by atoms with E-state index in [1.165, 1.54) is 67.4 Å². The van der Waals surface area contributed by atoms with E-state index in [2.05, 4.69) is 80.8 Å². The molecule has 3 atom stereocenters. The molecule has 0 saturated heterocycles. The van der Waals surface area contributed by atoms with E-state index in [0.717, 1.165) is 88.9 Å². The molecule has 1 amide bonds. The summed E-state index contributed by atoms with van der Waals surface area (Å²) in [6.45, 7) is 12.0. The zero-order chi connectivity index (χ0) is 71.7. The number of carbonyl (C=O) groups excluding carboxylic acids is 1. The second kappa shape index (κ2) is 31.4. The number of hydrogen-bond acceptors (Lipinski definition) is 18. The lowest BCUT2D eigenvalue weighted by atomic mass is 10.0. The molecular formula is C76H74BrN11O12S3. The molecule has 23 nitrogen and oxygen atoms in total. The van der Waals surface area contributed by atoms with Crippen LogP contribution < -0.4 is 21.9 Å². The van der Waals surface area contributed by atoms with E-state index in [1.54, 1.807) is 91.7 Å². The van der Waals surface area contributed by atoms with Crippen LogP contribution in [0.5, 0.6) is 17.2 Å². The average Bonchev–Trinajstić information content (AvgIpc) is 1.65. The second-order valence-electron chi connectivity index (χ2n) is 25.0. The third-order valence-electron chi connectivity index (χ3n) is 18.1. The maximum Gasteiger partial charge on any atom is 0.345 e. The van der Waals surface area contributed by atoms with E-state index in [1.807, 2.05) is 37.3 Å². The number of aromatic hydroxyl groups is 3. The van der Waals surface area contributed by atoms with Crippen LogP contribution in [0, 0.1) is 13.8 Å². The Labute approximate surface area is 613 Å². The van der Waals surface area contributed by atoms with Gasteiger partial charge in [-0.3, -0.25) is 24.6 Å². The monoisotopic (exact) mass is 1510 g/mol. The number of aromatic carboxylic acids is 3. The lowest BCUT2D eigenvalue weighted by Gasteiger charge is -2.14. The van der Waals surface area contributed by atoms with Crippen molar-refractivity contribution >= 4 is 115 Å². The molecule has 27 heteroatoms. The Hall–Kier alpha value is -11.1. The van der Waals surface area contributed by atoms with Crippen molar-refractivity contribution in [3.8, 4) is 59.9 Å². The number of hydrogen-bond donors (Lipinski definition) is 9. The van der Waals surface area contributed by atoms with Crippen molar-refractivity contribution in [3.05, 3.63) is 226 Å². The number of aromatic amines is 2. The number of phenolic OH excluding ortho intramolecular Hbond substituents is 3. The number of benzene rings is 6. The summed E-state index contributed by atoms with van der Waals surface area (Å²) in [5.41, 5.74) is 19.7. The first-order chi connectivity index (χ1) is 48.4. The first kappa shape index (κ1) is 74.6. The van der Waals surface area contributed by atoms with Gasteiger partial charge in [0.25, 0.3) is 17.0 Å². The number of halogens is 1. The van der Waals surface area contributed by atoms with E-state index >= 15 is 0 Å². The van der Waals surface area contributed by atoms with E-state index < -0.39 is 17.9 Å². The molecule has 0 saturated carbocycles. The van der Waals surface area contributed by atoms with Crippen molar-refractivity contribution < 1.29 is 49.8 Å². The van der Waals surface area contributed by atoms with Gasteiger partial charge in [-0.1, -0.05) is 64.6 Å². The fraction of sp³-hybridized carbons (Fsp3) is 0.224. The maximum atomic E-state index is 13.1. The number of amides is 1. The van der Waals surface area contributed by atoms with Gasteiger partial charge in [0.2, 0.25) is 0 Å². The first-order valence-electron chi connectivity index (χ1n) is 32.4. The molecule has 10 N–H and O–H groups in total.